The summed E-state index contributed by atoms with van der Waals surface area (Å²) in [7, 11) is -3.48. The highest BCUT2D eigenvalue weighted by Gasteiger charge is 2.57. The van der Waals surface area contributed by atoms with E-state index in [1.807, 2.05) is 18.2 Å². The molecule has 5 rings (SSSR count). The molecule has 0 aromatic heterocycles. The lowest BCUT2D eigenvalue weighted by Gasteiger charge is -2.52. The first-order valence-electron chi connectivity index (χ1n) is 12.1. The van der Waals surface area contributed by atoms with Crippen molar-refractivity contribution in [2.24, 2.45) is 17.3 Å². The topological polar surface area (TPSA) is 89.9 Å². The second-order valence-electron chi connectivity index (χ2n) is 10.4. The Morgan fingerprint density at radius 1 is 1.06 bits per heavy atom. The van der Waals surface area contributed by atoms with E-state index in [0.29, 0.717) is 41.5 Å². The molecule has 1 N–H and O–H groups in total. The van der Waals surface area contributed by atoms with Crippen LogP contribution in [0.25, 0.3) is 0 Å². The lowest BCUT2D eigenvalue weighted by Crippen LogP contribution is -2.45. The van der Waals surface area contributed by atoms with E-state index in [-0.39, 0.29) is 24.5 Å². The molecule has 3 aliphatic carbocycles. The van der Waals surface area contributed by atoms with Gasteiger partial charge in [0, 0.05) is 11.8 Å². The van der Waals surface area contributed by atoms with Crippen LogP contribution in [0.15, 0.2) is 42.5 Å². The van der Waals surface area contributed by atoms with Crippen molar-refractivity contribution < 1.29 is 27.2 Å². The van der Waals surface area contributed by atoms with Crippen LogP contribution < -0.4 is 4.74 Å². The number of aromatic hydroxyl groups is 1. The van der Waals surface area contributed by atoms with Crippen molar-refractivity contribution in [3.63, 3.8) is 0 Å². The predicted molar refractivity (Wildman–Crippen MR) is 129 cm³/mol. The van der Waals surface area contributed by atoms with Gasteiger partial charge in [-0.15, -0.1) is 0 Å². The van der Waals surface area contributed by atoms with Gasteiger partial charge in [-0.2, -0.15) is 8.42 Å². The van der Waals surface area contributed by atoms with Gasteiger partial charge < -0.3 is 9.84 Å². The van der Waals surface area contributed by atoms with Crippen LogP contribution in [0.1, 0.15) is 61.1 Å². The molecule has 2 aromatic carbocycles. The van der Waals surface area contributed by atoms with Gasteiger partial charge in [0.15, 0.2) is 0 Å². The van der Waals surface area contributed by atoms with Gasteiger partial charge >= 0.3 is 0 Å². The summed E-state index contributed by atoms with van der Waals surface area (Å²) < 4.78 is 32.6. The summed E-state index contributed by atoms with van der Waals surface area (Å²) >= 11 is 0. The van der Waals surface area contributed by atoms with Crippen LogP contribution in [0.5, 0.6) is 11.5 Å². The lowest BCUT2D eigenvalue weighted by atomic mass is 9.51. The Morgan fingerprint density at radius 3 is 2.56 bits per heavy atom. The van der Waals surface area contributed by atoms with Gasteiger partial charge in [-0.25, -0.2) is 0 Å². The van der Waals surface area contributed by atoms with Crippen LogP contribution in [-0.2, 0) is 25.5 Å². The smallest absolute Gasteiger partial charge is 0.264 e. The van der Waals surface area contributed by atoms with E-state index in [2.05, 4.69) is 25.1 Å². The third-order valence-electron chi connectivity index (χ3n) is 8.38. The molecule has 182 valence electrons. The number of Topliss-reactive ketones (excluding diaryl/α,β-unsaturated/α-hetero) is 1. The number of carbonyl (C=O) groups is 1. The first-order valence-corrected chi connectivity index (χ1v) is 13.9. The highest BCUT2D eigenvalue weighted by atomic mass is 32.2. The molecule has 0 heterocycles. The van der Waals surface area contributed by atoms with Crippen LogP contribution in [-0.4, -0.2) is 38.8 Å². The molecule has 2 fully saturated rings. The standard InChI is InChI=1S/C27H32O6S/c1-27-16-23(17-3-7-20(8-4-17)32-13-14-33-34(2,30)31)26-21-10-6-19(28)15-18(21)5-9-22(26)24(27)11-12-25(27)29/h3-4,6-8,10,15,22-24,26,28H,5,9,11-14,16H2,1-2H3/t22-,23+,24-,26+,27-/m0/s1. The van der Waals surface area contributed by atoms with Crippen LogP contribution in [0.2, 0.25) is 0 Å². The number of phenolic OH excluding ortho intramolecular Hbond substituents is 1. The SMILES string of the molecule is C[C@]12C[C@H](c3ccc(OCCOS(C)(=O)=O)cc3)[C@@H]3c4ccc(O)cc4CC[C@H]3[C@@H]1CCC2=O. The van der Waals surface area contributed by atoms with Crippen molar-refractivity contribution in [2.45, 2.75) is 50.9 Å². The van der Waals surface area contributed by atoms with Gasteiger partial charge in [0.2, 0.25) is 0 Å². The monoisotopic (exact) mass is 484 g/mol. The number of ether oxygens (including phenoxy) is 1. The van der Waals surface area contributed by atoms with Gasteiger partial charge in [-0.3, -0.25) is 8.98 Å². The van der Waals surface area contributed by atoms with Crippen LogP contribution in [0, 0.1) is 17.3 Å². The van der Waals surface area contributed by atoms with Crippen molar-refractivity contribution >= 4 is 15.9 Å². The fourth-order valence-corrected chi connectivity index (χ4v) is 7.32. The molecule has 0 bridgehead atoms. The summed E-state index contributed by atoms with van der Waals surface area (Å²) in [6.07, 6.45) is 5.51. The Balaban J connectivity index is 1.43. The van der Waals surface area contributed by atoms with E-state index >= 15 is 0 Å². The average Bonchev–Trinajstić information content (AvgIpc) is 3.10. The summed E-state index contributed by atoms with van der Waals surface area (Å²) in [5, 5.41) is 10.1. The molecule has 0 aliphatic heterocycles. The van der Waals surface area contributed by atoms with Gasteiger partial charge in [0.1, 0.15) is 30.5 Å². The first-order chi connectivity index (χ1) is 16.2. The molecule has 0 saturated heterocycles. The number of phenols is 1. The van der Waals surface area contributed by atoms with Crippen molar-refractivity contribution in [1.29, 1.82) is 0 Å². The maximum absolute atomic E-state index is 13.0. The normalized spacial score (nSPS) is 30.4. The minimum atomic E-state index is -3.48. The van der Waals surface area contributed by atoms with Crippen LogP contribution in [0.3, 0.4) is 0 Å². The Labute approximate surface area is 201 Å². The first kappa shape index (κ1) is 23.4. The van der Waals surface area contributed by atoms with E-state index < -0.39 is 10.1 Å². The molecule has 34 heavy (non-hydrogen) atoms. The molecule has 0 spiro atoms. The van der Waals surface area contributed by atoms with E-state index in [0.717, 1.165) is 31.9 Å². The Hall–Kier alpha value is -2.38. The van der Waals surface area contributed by atoms with E-state index in [9.17, 15) is 18.3 Å². The molecular weight excluding hydrogens is 452 g/mol. The summed E-state index contributed by atoms with van der Waals surface area (Å²) in [5.41, 5.74) is 3.46. The molecule has 0 amide bonds. The molecule has 3 aliphatic rings. The number of fused-ring (bicyclic) bond motifs is 5. The third-order valence-corrected chi connectivity index (χ3v) is 8.98. The van der Waals surface area contributed by atoms with Gasteiger partial charge in [-0.1, -0.05) is 25.1 Å². The van der Waals surface area contributed by atoms with Gasteiger partial charge in [0.05, 0.1) is 6.26 Å². The Morgan fingerprint density at radius 2 is 1.82 bits per heavy atom. The summed E-state index contributed by atoms with van der Waals surface area (Å²) in [6.45, 7) is 2.30. The molecular formula is C27H32O6S. The zero-order valence-electron chi connectivity index (χ0n) is 19.7. The lowest BCUT2D eigenvalue weighted by molar-refractivity contribution is -0.130. The van der Waals surface area contributed by atoms with Gasteiger partial charge in [0.25, 0.3) is 10.1 Å². The number of carbonyl (C=O) groups excluding carboxylic acids is 1. The second kappa shape index (κ2) is 8.68. The zero-order valence-corrected chi connectivity index (χ0v) is 20.5. The molecule has 0 unspecified atom stereocenters. The summed E-state index contributed by atoms with van der Waals surface area (Å²) in [4.78, 5) is 13.0. The largest absolute Gasteiger partial charge is 0.508 e. The van der Waals surface area contributed by atoms with Crippen molar-refractivity contribution in [2.75, 3.05) is 19.5 Å². The van der Waals surface area contributed by atoms with Crippen molar-refractivity contribution in [1.82, 2.24) is 0 Å². The molecule has 2 aromatic rings. The number of ketones is 1. The molecule has 5 atom stereocenters. The fourth-order valence-electron chi connectivity index (χ4n) is 6.95. The summed E-state index contributed by atoms with van der Waals surface area (Å²) in [6, 6.07) is 13.8. The molecule has 6 nitrogen and oxygen atoms in total. The third kappa shape index (κ3) is 4.24. The van der Waals surface area contributed by atoms with Crippen LogP contribution in [0.4, 0.5) is 0 Å². The predicted octanol–water partition coefficient (Wildman–Crippen LogP) is 4.57. The molecule has 2 saturated carbocycles. The highest BCUT2D eigenvalue weighted by molar-refractivity contribution is 7.85. The van der Waals surface area contributed by atoms with Gasteiger partial charge in [-0.05, 0) is 90.3 Å². The van der Waals surface area contributed by atoms with Crippen LogP contribution >= 0.6 is 0 Å². The quantitative estimate of drug-likeness (QED) is 0.477. The number of rotatable bonds is 6. The maximum atomic E-state index is 13.0. The van der Waals surface area contributed by atoms with Crippen molar-refractivity contribution in [3.05, 3.63) is 59.2 Å². The minimum absolute atomic E-state index is 0.0293. The number of benzene rings is 2. The maximum Gasteiger partial charge on any atom is 0.264 e. The summed E-state index contributed by atoms with van der Waals surface area (Å²) in [5.74, 6) is 2.78. The van der Waals surface area contributed by atoms with E-state index in [4.69, 9.17) is 8.92 Å². The number of hydrogen-bond acceptors (Lipinski definition) is 6. The molecule has 7 heteroatoms. The van der Waals surface area contributed by atoms with E-state index in [1.165, 1.54) is 16.7 Å². The number of hydrogen-bond donors (Lipinski definition) is 1. The average molecular weight is 485 g/mol. The van der Waals surface area contributed by atoms with E-state index in [1.54, 1.807) is 6.07 Å². The Kier molecular flexibility index (Phi) is 5.97. The highest BCUT2D eigenvalue weighted by Crippen LogP contribution is 2.64. The zero-order chi connectivity index (χ0) is 24.1. The second-order valence-corrected chi connectivity index (χ2v) is 12.0. The molecule has 0 radical (unpaired) electrons. The van der Waals surface area contributed by atoms with Crippen molar-refractivity contribution in [3.8, 4) is 11.5 Å². The fraction of sp³-hybridized carbons (Fsp3) is 0.519. The minimum Gasteiger partial charge on any atom is -0.508 e. The number of aryl methyl sites for hydroxylation is 1. The Bertz CT molecular complexity index is 1190.